The zero-order valence-corrected chi connectivity index (χ0v) is 10.0. The maximum absolute atomic E-state index is 13.2. The van der Waals surface area contributed by atoms with Gasteiger partial charge < -0.3 is 0 Å². The molecule has 0 unspecified atom stereocenters. The highest BCUT2D eigenvalue weighted by molar-refractivity contribution is 5.48. The lowest BCUT2D eigenvalue weighted by molar-refractivity contribution is 0.619. The van der Waals surface area contributed by atoms with Crippen molar-refractivity contribution in [2.24, 2.45) is 0 Å². The molecule has 0 amide bonds. The fourth-order valence-corrected chi connectivity index (χ4v) is 2.10. The molecule has 2 heterocycles. The zero-order chi connectivity index (χ0) is 13.2. The van der Waals surface area contributed by atoms with Crippen LogP contribution in [0.1, 0.15) is 17.0 Å². The van der Waals surface area contributed by atoms with Gasteiger partial charge in [0, 0.05) is 12.6 Å². The van der Waals surface area contributed by atoms with Crippen molar-refractivity contribution in [3.05, 3.63) is 71.4 Å². The van der Waals surface area contributed by atoms with Crippen LogP contribution >= 0.6 is 0 Å². The SMILES string of the molecule is N#Cc1c(Cc2ccccc2)nc2ccc(F)cn12. The molecule has 19 heavy (non-hydrogen) atoms. The first-order chi connectivity index (χ1) is 9.28. The molecule has 0 N–H and O–H groups in total. The first kappa shape index (κ1) is 11.4. The Kier molecular flexibility index (Phi) is 2.73. The van der Waals surface area contributed by atoms with Crippen LogP contribution < -0.4 is 0 Å². The van der Waals surface area contributed by atoms with E-state index in [0.29, 0.717) is 23.5 Å². The molecule has 0 saturated heterocycles. The molecule has 3 rings (SSSR count). The number of rotatable bonds is 2. The number of hydrogen-bond donors (Lipinski definition) is 0. The van der Waals surface area contributed by atoms with E-state index >= 15 is 0 Å². The summed E-state index contributed by atoms with van der Waals surface area (Å²) in [4.78, 5) is 4.39. The number of pyridine rings is 1. The van der Waals surface area contributed by atoms with Crippen molar-refractivity contribution in [2.75, 3.05) is 0 Å². The Morgan fingerprint density at radius 2 is 1.95 bits per heavy atom. The summed E-state index contributed by atoms with van der Waals surface area (Å²) in [6, 6.07) is 14.8. The highest BCUT2D eigenvalue weighted by Crippen LogP contribution is 2.16. The van der Waals surface area contributed by atoms with Crippen LogP contribution in [0.25, 0.3) is 5.65 Å². The standard InChI is InChI=1S/C15H10FN3/c16-12-6-7-15-18-13(14(9-17)19(15)10-12)8-11-4-2-1-3-5-11/h1-7,10H,8H2. The number of aromatic nitrogens is 2. The van der Waals surface area contributed by atoms with Gasteiger partial charge in [-0.05, 0) is 17.7 Å². The van der Waals surface area contributed by atoms with Crippen LogP contribution in [0.2, 0.25) is 0 Å². The average molecular weight is 251 g/mol. The van der Waals surface area contributed by atoms with Crippen molar-refractivity contribution in [3.8, 4) is 6.07 Å². The monoisotopic (exact) mass is 251 g/mol. The second-order valence-corrected chi connectivity index (χ2v) is 4.26. The molecule has 0 spiro atoms. The van der Waals surface area contributed by atoms with Crippen molar-refractivity contribution >= 4 is 5.65 Å². The smallest absolute Gasteiger partial charge is 0.148 e. The average Bonchev–Trinajstić information content (AvgIpc) is 2.76. The summed E-state index contributed by atoms with van der Waals surface area (Å²) in [5.41, 5.74) is 2.71. The Labute approximate surface area is 109 Å². The summed E-state index contributed by atoms with van der Waals surface area (Å²) in [5, 5.41) is 9.24. The highest BCUT2D eigenvalue weighted by Gasteiger charge is 2.12. The summed E-state index contributed by atoms with van der Waals surface area (Å²) in [5.74, 6) is -0.382. The van der Waals surface area contributed by atoms with Gasteiger partial charge in [0.05, 0.1) is 5.69 Å². The molecule has 1 aromatic carbocycles. The molecule has 92 valence electrons. The van der Waals surface area contributed by atoms with E-state index in [1.807, 2.05) is 30.3 Å². The van der Waals surface area contributed by atoms with Crippen molar-refractivity contribution in [2.45, 2.75) is 6.42 Å². The second kappa shape index (κ2) is 4.54. The predicted molar refractivity (Wildman–Crippen MR) is 69.1 cm³/mol. The molecule has 0 atom stereocenters. The van der Waals surface area contributed by atoms with Gasteiger partial charge in [0.25, 0.3) is 0 Å². The maximum atomic E-state index is 13.2. The topological polar surface area (TPSA) is 41.1 Å². The Morgan fingerprint density at radius 1 is 1.16 bits per heavy atom. The molecule has 4 heteroatoms. The van der Waals surface area contributed by atoms with E-state index < -0.39 is 0 Å². The number of hydrogen-bond acceptors (Lipinski definition) is 2. The van der Waals surface area contributed by atoms with Crippen LogP contribution in [0.4, 0.5) is 4.39 Å². The van der Waals surface area contributed by atoms with Gasteiger partial charge in [-0.15, -0.1) is 0 Å². The molecule has 0 radical (unpaired) electrons. The third kappa shape index (κ3) is 2.06. The van der Waals surface area contributed by atoms with Gasteiger partial charge in [-0.3, -0.25) is 4.40 Å². The predicted octanol–water partition coefficient (Wildman–Crippen LogP) is 2.94. The Bertz CT molecular complexity index is 769. The van der Waals surface area contributed by atoms with Crippen LogP contribution in [0.5, 0.6) is 0 Å². The van der Waals surface area contributed by atoms with Crippen molar-refractivity contribution in [1.82, 2.24) is 9.38 Å². The van der Waals surface area contributed by atoms with Crippen LogP contribution in [-0.4, -0.2) is 9.38 Å². The quantitative estimate of drug-likeness (QED) is 0.702. The lowest BCUT2D eigenvalue weighted by atomic mass is 10.1. The van der Waals surface area contributed by atoms with Gasteiger partial charge >= 0.3 is 0 Å². The van der Waals surface area contributed by atoms with Crippen LogP contribution in [0, 0.1) is 17.1 Å². The molecule has 0 aliphatic heterocycles. The number of nitriles is 1. The van der Waals surface area contributed by atoms with Crippen LogP contribution in [0.3, 0.4) is 0 Å². The molecule has 3 aromatic rings. The van der Waals surface area contributed by atoms with Gasteiger partial charge in [-0.25, -0.2) is 9.37 Å². The number of fused-ring (bicyclic) bond motifs is 1. The molecule has 0 bridgehead atoms. The lowest BCUT2D eigenvalue weighted by Crippen LogP contribution is -1.94. The van der Waals surface area contributed by atoms with Crippen molar-refractivity contribution < 1.29 is 4.39 Å². The lowest BCUT2D eigenvalue weighted by Gasteiger charge is -1.98. The molecular formula is C15H10FN3. The molecular weight excluding hydrogens is 241 g/mol. The van der Waals surface area contributed by atoms with Crippen LogP contribution in [-0.2, 0) is 6.42 Å². The number of imidazole rings is 1. The van der Waals surface area contributed by atoms with Gasteiger partial charge in [0.1, 0.15) is 23.2 Å². The Hall–Kier alpha value is -2.67. The molecule has 0 aliphatic rings. The van der Waals surface area contributed by atoms with E-state index in [2.05, 4.69) is 11.1 Å². The van der Waals surface area contributed by atoms with Crippen molar-refractivity contribution in [1.29, 1.82) is 5.26 Å². The molecule has 3 nitrogen and oxygen atoms in total. The first-order valence-corrected chi connectivity index (χ1v) is 5.88. The molecule has 0 fully saturated rings. The number of nitrogens with zero attached hydrogens (tertiary/aromatic N) is 3. The van der Waals surface area contributed by atoms with Crippen LogP contribution in [0.15, 0.2) is 48.7 Å². The maximum Gasteiger partial charge on any atom is 0.148 e. The summed E-state index contributed by atoms with van der Waals surface area (Å²) in [6.07, 6.45) is 1.85. The Morgan fingerprint density at radius 3 is 2.68 bits per heavy atom. The minimum Gasteiger partial charge on any atom is -0.288 e. The first-order valence-electron chi connectivity index (χ1n) is 5.88. The van der Waals surface area contributed by atoms with Gasteiger partial charge in [-0.1, -0.05) is 30.3 Å². The fraction of sp³-hybridized carbons (Fsp3) is 0.0667. The molecule has 0 saturated carbocycles. The minimum atomic E-state index is -0.382. The van der Waals surface area contributed by atoms with E-state index in [1.54, 1.807) is 6.07 Å². The van der Waals surface area contributed by atoms with Gasteiger partial charge in [0.2, 0.25) is 0 Å². The summed E-state index contributed by atoms with van der Waals surface area (Å²) in [6.45, 7) is 0. The summed E-state index contributed by atoms with van der Waals surface area (Å²) in [7, 11) is 0. The van der Waals surface area contributed by atoms with E-state index in [1.165, 1.54) is 16.7 Å². The third-order valence-corrected chi connectivity index (χ3v) is 2.97. The number of benzene rings is 1. The summed E-state index contributed by atoms with van der Waals surface area (Å²) < 4.78 is 14.7. The minimum absolute atomic E-state index is 0.382. The number of halogens is 1. The highest BCUT2D eigenvalue weighted by atomic mass is 19.1. The largest absolute Gasteiger partial charge is 0.288 e. The normalized spacial score (nSPS) is 10.5. The van der Waals surface area contributed by atoms with E-state index in [-0.39, 0.29) is 5.82 Å². The van der Waals surface area contributed by atoms with Gasteiger partial charge in [0.15, 0.2) is 0 Å². The summed E-state index contributed by atoms with van der Waals surface area (Å²) >= 11 is 0. The van der Waals surface area contributed by atoms with Gasteiger partial charge in [-0.2, -0.15) is 5.26 Å². The second-order valence-electron chi connectivity index (χ2n) is 4.26. The van der Waals surface area contributed by atoms with Crippen molar-refractivity contribution in [3.63, 3.8) is 0 Å². The fourth-order valence-electron chi connectivity index (χ4n) is 2.10. The Balaban J connectivity index is 2.12. The third-order valence-electron chi connectivity index (χ3n) is 2.97. The molecule has 2 aromatic heterocycles. The molecule has 0 aliphatic carbocycles. The van der Waals surface area contributed by atoms with E-state index in [9.17, 15) is 9.65 Å². The van der Waals surface area contributed by atoms with E-state index in [4.69, 9.17) is 0 Å². The van der Waals surface area contributed by atoms with E-state index in [0.717, 1.165) is 5.56 Å². The zero-order valence-electron chi connectivity index (χ0n) is 10.0.